The molecule has 0 radical (unpaired) electrons. The van der Waals surface area contributed by atoms with Crippen molar-refractivity contribution in [2.45, 2.75) is 25.8 Å². The van der Waals surface area contributed by atoms with E-state index in [1.165, 1.54) is 12.8 Å². The summed E-state index contributed by atoms with van der Waals surface area (Å²) in [6.45, 7) is 4.27. The van der Waals surface area contributed by atoms with Gasteiger partial charge in [0, 0.05) is 18.4 Å². The molecule has 0 spiro atoms. The molecule has 72 valence electrons. The molecule has 2 heterocycles. The fraction of sp³-hybridized carbons (Fsp3) is 0.600. The highest BCUT2D eigenvalue weighted by molar-refractivity contribution is 4.93. The molecule has 2 rings (SSSR count). The largest absolute Gasteiger partial charge is 0.459 e. The van der Waals surface area contributed by atoms with Gasteiger partial charge in [0.25, 0.3) is 0 Å². The maximum absolute atomic E-state index is 4.24. The van der Waals surface area contributed by atoms with Crippen LogP contribution in [0.4, 0.5) is 0 Å². The third-order valence-corrected chi connectivity index (χ3v) is 2.81. The van der Waals surface area contributed by atoms with Crippen LogP contribution in [-0.2, 0) is 0 Å². The second kappa shape index (κ2) is 3.50. The summed E-state index contributed by atoms with van der Waals surface area (Å²) in [5, 5.41) is 0. The first kappa shape index (κ1) is 8.75. The third-order valence-electron chi connectivity index (χ3n) is 2.81. The zero-order chi connectivity index (χ0) is 9.26. The van der Waals surface area contributed by atoms with Crippen LogP contribution in [0.5, 0.6) is 0 Å². The predicted octanol–water partition coefficient (Wildman–Crippen LogP) is 1.62. The molecule has 0 bridgehead atoms. The lowest BCUT2D eigenvalue weighted by molar-refractivity contribution is 0.239. The Kier molecular flexibility index (Phi) is 2.36. The summed E-state index contributed by atoms with van der Waals surface area (Å²) in [6.07, 6.45) is 6.35. The van der Waals surface area contributed by atoms with Gasteiger partial charge >= 0.3 is 0 Å². The quantitative estimate of drug-likeness (QED) is 0.609. The molecule has 1 aromatic heterocycles. The SMILES string of the molecule is [CH2-]N1CCC(n2ccnc2C)CC1. The van der Waals surface area contributed by atoms with Crippen LogP contribution in [0.2, 0.25) is 0 Å². The fourth-order valence-corrected chi connectivity index (χ4v) is 1.97. The number of piperidine rings is 1. The number of aryl methyl sites for hydroxylation is 1. The molecule has 3 heteroatoms. The molecule has 1 saturated heterocycles. The Morgan fingerprint density at radius 3 is 2.69 bits per heavy atom. The number of aromatic nitrogens is 2. The maximum Gasteiger partial charge on any atom is 0.105 e. The molecule has 0 unspecified atom stereocenters. The lowest BCUT2D eigenvalue weighted by atomic mass is 10.1. The van der Waals surface area contributed by atoms with Crippen LogP contribution in [0.25, 0.3) is 0 Å². The van der Waals surface area contributed by atoms with E-state index >= 15 is 0 Å². The molecule has 13 heavy (non-hydrogen) atoms. The first-order chi connectivity index (χ1) is 6.27. The normalized spacial score (nSPS) is 20.8. The molecule has 0 amide bonds. The second-order valence-electron chi connectivity index (χ2n) is 3.73. The van der Waals surface area contributed by atoms with Crippen molar-refractivity contribution in [3.63, 3.8) is 0 Å². The number of nitrogens with zero attached hydrogens (tertiary/aromatic N) is 3. The highest BCUT2D eigenvalue weighted by atomic mass is 15.1. The Bertz CT molecular complexity index is 271. The van der Waals surface area contributed by atoms with Crippen LogP contribution in [0, 0.1) is 14.0 Å². The predicted molar refractivity (Wildman–Crippen MR) is 52.2 cm³/mol. The average molecular weight is 178 g/mol. The summed E-state index contributed by atoms with van der Waals surface area (Å²) in [4.78, 5) is 6.39. The number of rotatable bonds is 1. The van der Waals surface area contributed by atoms with Crippen LogP contribution >= 0.6 is 0 Å². The van der Waals surface area contributed by atoms with Gasteiger partial charge in [0.05, 0.1) is 0 Å². The standard InChI is InChI=1S/C10H16N3/c1-9-11-5-8-13(9)10-3-6-12(2)7-4-10/h5,8,10H,2-4,6-7H2,1H3/q-1. The van der Waals surface area contributed by atoms with Crippen molar-refractivity contribution in [2.75, 3.05) is 13.1 Å². The summed E-state index contributed by atoms with van der Waals surface area (Å²) in [7, 11) is 3.94. The molecule has 1 aromatic rings. The van der Waals surface area contributed by atoms with Crippen molar-refractivity contribution >= 4 is 0 Å². The lowest BCUT2D eigenvalue weighted by Crippen LogP contribution is -2.30. The van der Waals surface area contributed by atoms with Crippen molar-refractivity contribution in [1.82, 2.24) is 14.5 Å². The molecular formula is C10H16N3-. The summed E-state index contributed by atoms with van der Waals surface area (Å²) < 4.78 is 2.28. The van der Waals surface area contributed by atoms with E-state index in [1.807, 2.05) is 6.20 Å². The summed E-state index contributed by atoms with van der Waals surface area (Å²) in [5.74, 6) is 1.13. The smallest absolute Gasteiger partial charge is 0.105 e. The summed E-state index contributed by atoms with van der Waals surface area (Å²) in [6, 6.07) is 0.639. The van der Waals surface area contributed by atoms with Gasteiger partial charge in [-0.2, -0.15) is 0 Å². The van der Waals surface area contributed by atoms with Gasteiger partial charge in [-0.15, -0.1) is 0 Å². The molecule has 0 N–H and O–H groups in total. The summed E-state index contributed by atoms with van der Waals surface area (Å²) >= 11 is 0. The van der Waals surface area contributed by atoms with Gasteiger partial charge in [0.2, 0.25) is 0 Å². The van der Waals surface area contributed by atoms with E-state index in [-0.39, 0.29) is 0 Å². The Balaban J connectivity index is 2.06. The molecule has 0 atom stereocenters. The zero-order valence-electron chi connectivity index (χ0n) is 8.11. The minimum Gasteiger partial charge on any atom is -0.459 e. The van der Waals surface area contributed by atoms with Gasteiger partial charge in [0.1, 0.15) is 5.82 Å². The van der Waals surface area contributed by atoms with Crippen molar-refractivity contribution in [1.29, 1.82) is 0 Å². The van der Waals surface area contributed by atoms with Crippen LogP contribution in [0.3, 0.4) is 0 Å². The van der Waals surface area contributed by atoms with E-state index in [9.17, 15) is 0 Å². The van der Waals surface area contributed by atoms with Gasteiger partial charge in [0.15, 0.2) is 0 Å². The van der Waals surface area contributed by atoms with Gasteiger partial charge in [-0.05, 0) is 32.9 Å². The van der Waals surface area contributed by atoms with Gasteiger partial charge < -0.3 is 9.47 Å². The van der Waals surface area contributed by atoms with E-state index in [0.29, 0.717) is 6.04 Å². The molecule has 3 nitrogen and oxygen atoms in total. The zero-order valence-corrected chi connectivity index (χ0v) is 8.11. The van der Waals surface area contributed by atoms with E-state index in [1.54, 1.807) is 0 Å². The van der Waals surface area contributed by atoms with E-state index in [0.717, 1.165) is 18.9 Å². The second-order valence-corrected chi connectivity index (χ2v) is 3.73. The Morgan fingerprint density at radius 2 is 2.15 bits per heavy atom. The highest BCUT2D eigenvalue weighted by Gasteiger charge is 2.16. The van der Waals surface area contributed by atoms with E-state index in [4.69, 9.17) is 0 Å². The number of imidazole rings is 1. The van der Waals surface area contributed by atoms with Crippen molar-refractivity contribution in [3.05, 3.63) is 25.3 Å². The molecule has 0 aromatic carbocycles. The van der Waals surface area contributed by atoms with Gasteiger partial charge in [-0.25, -0.2) is 4.98 Å². The van der Waals surface area contributed by atoms with Crippen LogP contribution in [-0.4, -0.2) is 27.5 Å². The highest BCUT2D eigenvalue weighted by Crippen LogP contribution is 2.22. The molecular weight excluding hydrogens is 162 g/mol. The van der Waals surface area contributed by atoms with Crippen molar-refractivity contribution < 1.29 is 0 Å². The third kappa shape index (κ3) is 1.75. The van der Waals surface area contributed by atoms with Crippen LogP contribution in [0.1, 0.15) is 24.7 Å². The Hall–Kier alpha value is -0.830. The maximum atomic E-state index is 4.24. The monoisotopic (exact) mass is 178 g/mol. The van der Waals surface area contributed by atoms with Gasteiger partial charge in [-0.1, -0.05) is 0 Å². The molecule has 0 saturated carbocycles. The van der Waals surface area contributed by atoms with E-state index < -0.39 is 0 Å². The first-order valence-electron chi connectivity index (χ1n) is 4.82. The topological polar surface area (TPSA) is 21.1 Å². The first-order valence-corrected chi connectivity index (χ1v) is 4.82. The lowest BCUT2D eigenvalue weighted by Gasteiger charge is -2.35. The Morgan fingerprint density at radius 1 is 1.46 bits per heavy atom. The van der Waals surface area contributed by atoms with Crippen LogP contribution in [0.15, 0.2) is 12.4 Å². The number of likely N-dealkylation sites (tertiary alicyclic amines) is 1. The molecule has 1 aliphatic heterocycles. The molecule has 0 aliphatic carbocycles. The van der Waals surface area contributed by atoms with Crippen molar-refractivity contribution in [3.8, 4) is 0 Å². The minimum atomic E-state index is 0.639. The van der Waals surface area contributed by atoms with E-state index in [2.05, 4.69) is 34.6 Å². The Labute approximate surface area is 79.4 Å². The fourth-order valence-electron chi connectivity index (χ4n) is 1.97. The molecule has 1 fully saturated rings. The molecule has 1 aliphatic rings. The minimum absolute atomic E-state index is 0.639. The summed E-state index contributed by atoms with van der Waals surface area (Å²) in [5.41, 5.74) is 0. The van der Waals surface area contributed by atoms with Crippen molar-refractivity contribution in [2.24, 2.45) is 0 Å². The number of hydrogen-bond donors (Lipinski definition) is 0. The van der Waals surface area contributed by atoms with Crippen LogP contribution < -0.4 is 0 Å². The average Bonchev–Trinajstić information content (AvgIpc) is 2.53. The number of hydrogen-bond acceptors (Lipinski definition) is 2. The van der Waals surface area contributed by atoms with Gasteiger partial charge in [-0.3, -0.25) is 7.05 Å².